The number of aromatic hydroxyl groups is 1. The van der Waals surface area contributed by atoms with E-state index in [1.54, 1.807) is 5.48 Å². The Morgan fingerprint density at radius 3 is 2.69 bits per heavy atom. The molecule has 8 nitrogen and oxygen atoms in total. The molecule has 8 heteroatoms. The Hall–Kier alpha value is -2.35. The molecule has 0 saturated carbocycles. The van der Waals surface area contributed by atoms with Crippen LogP contribution < -0.4 is 11.0 Å². The minimum absolute atomic E-state index is 0.147. The largest absolute Gasteiger partial charge is 0.494 e. The third-order valence-electron chi connectivity index (χ3n) is 1.45. The lowest BCUT2D eigenvalue weighted by Gasteiger charge is -2.03. The zero-order chi connectivity index (χ0) is 12.1. The van der Waals surface area contributed by atoms with Gasteiger partial charge >= 0.3 is 5.97 Å². The second kappa shape index (κ2) is 4.94. The van der Waals surface area contributed by atoms with E-state index in [1.807, 2.05) is 4.98 Å². The summed E-state index contributed by atoms with van der Waals surface area (Å²) in [6.07, 6.45) is 0. The zero-order valence-electron chi connectivity index (χ0n) is 7.89. The van der Waals surface area contributed by atoms with Gasteiger partial charge in [0.15, 0.2) is 12.5 Å². The van der Waals surface area contributed by atoms with Crippen LogP contribution in [-0.2, 0) is 9.63 Å². The number of H-pyrrole nitrogens is 1. The van der Waals surface area contributed by atoms with Crippen molar-refractivity contribution in [2.24, 2.45) is 0 Å². The highest BCUT2D eigenvalue weighted by molar-refractivity contribution is 5.93. The molecule has 0 aromatic carbocycles. The molecule has 0 saturated heterocycles. The molecular formula is C8H8N2O6. The number of pyridine rings is 1. The van der Waals surface area contributed by atoms with Crippen molar-refractivity contribution in [3.63, 3.8) is 0 Å². The topological polar surface area (TPSA) is 129 Å². The predicted molar refractivity (Wildman–Crippen MR) is 49.8 cm³/mol. The van der Waals surface area contributed by atoms with Crippen LogP contribution in [0.4, 0.5) is 0 Å². The quantitative estimate of drug-likeness (QED) is 0.480. The van der Waals surface area contributed by atoms with E-state index in [1.165, 1.54) is 0 Å². The maximum atomic E-state index is 11.2. The van der Waals surface area contributed by atoms with E-state index >= 15 is 0 Å². The Labute approximate surface area is 88.4 Å². The lowest BCUT2D eigenvalue weighted by atomic mass is 10.2. The minimum Gasteiger partial charge on any atom is -0.494 e. The first kappa shape index (κ1) is 11.7. The fourth-order valence-corrected chi connectivity index (χ4v) is 0.882. The smallest absolute Gasteiger partial charge is 0.332 e. The Morgan fingerprint density at radius 2 is 2.12 bits per heavy atom. The highest BCUT2D eigenvalue weighted by Gasteiger charge is 2.08. The lowest BCUT2D eigenvalue weighted by Crippen LogP contribution is -2.27. The van der Waals surface area contributed by atoms with Crippen LogP contribution in [0.3, 0.4) is 0 Å². The van der Waals surface area contributed by atoms with Crippen LogP contribution in [-0.4, -0.2) is 33.7 Å². The zero-order valence-corrected chi connectivity index (χ0v) is 7.89. The fourth-order valence-electron chi connectivity index (χ4n) is 0.882. The molecule has 1 aromatic heterocycles. The van der Waals surface area contributed by atoms with Crippen molar-refractivity contribution < 1.29 is 24.6 Å². The number of carboxylic acids is 1. The third kappa shape index (κ3) is 3.42. The molecule has 86 valence electrons. The molecular weight excluding hydrogens is 220 g/mol. The molecule has 4 N–H and O–H groups in total. The van der Waals surface area contributed by atoms with Gasteiger partial charge in [-0.3, -0.25) is 19.4 Å². The fraction of sp³-hybridized carbons (Fsp3) is 0.125. The van der Waals surface area contributed by atoms with Gasteiger partial charge in [0.1, 0.15) is 0 Å². The summed E-state index contributed by atoms with van der Waals surface area (Å²) in [4.78, 5) is 38.5. The molecule has 0 aliphatic heterocycles. The van der Waals surface area contributed by atoms with Gasteiger partial charge in [0.2, 0.25) is 0 Å². The number of hydrogen-bond acceptors (Lipinski definition) is 5. The van der Waals surface area contributed by atoms with Crippen LogP contribution in [0, 0.1) is 0 Å². The van der Waals surface area contributed by atoms with E-state index in [0.717, 1.165) is 12.1 Å². The third-order valence-corrected chi connectivity index (χ3v) is 1.45. The molecule has 1 rings (SSSR count). The van der Waals surface area contributed by atoms with Gasteiger partial charge in [-0.25, -0.2) is 10.3 Å². The number of amides is 1. The standard InChI is InChI=1S/C8H8N2O6/c11-5-1-4(2-6(12)9-5)8(15)10-16-3-7(13)14/h1-2H,3H2,(H,10,15)(H,13,14)(H2,9,11,12). The number of hydroxylamine groups is 1. The van der Waals surface area contributed by atoms with Crippen molar-refractivity contribution in [3.8, 4) is 5.88 Å². The summed E-state index contributed by atoms with van der Waals surface area (Å²) in [6, 6.07) is 1.93. The Morgan fingerprint density at radius 1 is 1.44 bits per heavy atom. The Kier molecular flexibility index (Phi) is 3.62. The van der Waals surface area contributed by atoms with Gasteiger partial charge in [0, 0.05) is 12.1 Å². The molecule has 0 aliphatic rings. The van der Waals surface area contributed by atoms with Crippen LogP contribution >= 0.6 is 0 Å². The number of carbonyl (C=O) groups is 2. The predicted octanol–water partition coefficient (Wildman–Crippen LogP) is -1.17. The number of aromatic nitrogens is 1. The maximum Gasteiger partial charge on any atom is 0.332 e. The minimum atomic E-state index is -1.26. The van der Waals surface area contributed by atoms with Gasteiger partial charge in [0.05, 0.1) is 5.56 Å². The number of hydrogen-bond donors (Lipinski definition) is 4. The van der Waals surface area contributed by atoms with Crippen LogP contribution in [0.5, 0.6) is 5.88 Å². The van der Waals surface area contributed by atoms with Gasteiger partial charge < -0.3 is 10.2 Å². The van der Waals surface area contributed by atoms with Gasteiger partial charge in [-0.2, -0.15) is 0 Å². The number of rotatable bonds is 4. The van der Waals surface area contributed by atoms with E-state index in [4.69, 9.17) is 10.2 Å². The summed E-state index contributed by atoms with van der Waals surface area (Å²) in [5.74, 6) is -2.56. The van der Waals surface area contributed by atoms with Crippen LogP contribution in [0.25, 0.3) is 0 Å². The number of aliphatic carboxylic acids is 1. The number of carboxylic acid groups (broad SMARTS) is 1. The summed E-state index contributed by atoms with van der Waals surface area (Å²) in [7, 11) is 0. The maximum absolute atomic E-state index is 11.2. The number of carbonyl (C=O) groups excluding carboxylic acids is 1. The van der Waals surface area contributed by atoms with E-state index in [9.17, 15) is 14.4 Å². The monoisotopic (exact) mass is 228 g/mol. The molecule has 0 atom stereocenters. The number of aromatic amines is 1. The van der Waals surface area contributed by atoms with Gasteiger partial charge in [-0.1, -0.05) is 0 Å². The molecule has 1 amide bonds. The molecule has 0 radical (unpaired) electrons. The molecule has 1 heterocycles. The van der Waals surface area contributed by atoms with Crippen LogP contribution in [0.15, 0.2) is 16.9 Å². The van der Waals surface area contributed by atoms with E-state index < -0.39 is 29.9 Å². The summed E-state index contributed by atoms with van der Waals surface area (Å²) in [5, 5.41) is 17.2. The molecule has 16 heavy (non-hydrogen) atoms. The SMILES string of the molecule is O=C(O)CONC(=O)c1cc(O)[nH]c(=O)c1. The Bertz CT molecular complexity index is 466. The molecule has 0 spiro atoms. The molecule has 1 aromatic rings. The van der Waals surface area contributed by atoms with E-state index in [-0.39, 0.29) is 5.56 Å². The molecule has 0 aliphatic carbocycles. The molecule has 0 unspecified atom stereocenters. The number of nitrogens with one attached hydrogen (secondary N) is 2. The summed E-state index contributed by atoms with van der Waals surface area (Å²) >= 11 is 0. The highest BCUT2D eigenvalue weighted by atomic mass is 16.7. The first-order chi connectivity index (χ1) is 7.49. The van der Waals surface area contributed by atoms with Crippen molar-refractivity contribution in [1.82, 2.24) is 10.5 Å². The van der Waals surface area contributed by atoms with Gasteiger partial charge in [0.25, 0.3) is 11.5 Å². The highest BCUT2D eigenvalue weighted by Crippen LogP contribution is 2.03. The molecule has 0 fully saturated rings. The van der Waals surface area contributed by atoms with Crippen LogP contribution in [0.2, 0.25) is 0 Å². The van der Waals surface area contributed by atoms with E-state index in [0.29, 0.717) is 0 Å². The van der Waals surface area contributed by atoms with E-state index in [2.05, 4.69) is 4.84 Å². The first-order valence-electron chi connectivity index (χ1n) is 4.06. The van der Waals surface area contributed by atoms with Gasteiger partial charge in [-0.05, 0) is 0 Å². The van der Waals surface area contributed by atoms with Crippen molar-refractivity contribution in [1.29, 1.82) is 0 Å². The van der Waals surface area contributed by atoms with Gasteiger partial charge in [-0.15, -0.1) is 0 Å². The second-order valence-corrected chi connectivity index (χ2v) is 2.73. The normalized spacial score (nSPS) is 9.75. The average molecular weight is 228 g/mol. The Balaban J connectivity index is 2.66. The summed E-state index contributed by atoms with van der Waals surface area (Å²) in [5.41, 5.74) is 0.991. The second-order valence-electron chi connectivity index (χ2n) is 2.73. The van der Waals surface area contributed by atoms with Crippen molar-refractivity contribution >= 4 is 11.9 Å². The molecule has 0 bridgehead atoms. The average Bonchev–Trinajstić information content (AvgIpc) is 2.15. The first-order valence-corrected chi connectivity index (χ1v) is 4.06. The van der Waals surface area contributed by atoms with Crippen LogP contribution in [0.1, 0.15) is 10.4 Å². The summed E-state index contributed by atoms with van der Waals surface area (Å²) in [6.45, 7) is -0.707. The van der Waals surface area contributed by atoms with Crippen molar-refractivity contribution in [2.45, 2.75) is 0 Å². The lowest BCUT2D eigenvalue weighted by molar-refractivity contribution is -0.144. The van der Waals surface area contributed by atoms with Crippen molar-refractivity contribution in [2.75, 3.05) is 6.61 Å². The summed E-state index contributed by atoms with van der Waals surface area (Å²) < 4.78 is 0. The van der Waals surface area contributed by atoms with Crippen molar-refractivity contribution in [3.05, 3.63) is 28.0 Å².